The standard InChI is InChI=1S/C16H19N3O2S2.2C2H6/c1-9-3-4-10-5-6-11(22-2)7-12(10)15(9)23-14(8-13(17)20)19-16(18)21;2*1-2/h5-8H,3-4H2,1-2H3,(H2,17,20)(H3,18,19,21);2*1-2H3/b14-8+;;. The number of nitrogens with one attached hydrogen (secondary N) is 1. The predicted molar refractivity (Wildman–Crippen MR) is 119 cm³/mol. The van der Waals surface area contributed by atoms with Gasteiger partial charge in [-0.2, -0.15) is 0 Å². The predicted octanol–water partition coefficient (Wildman–Crippen LogP) is 4.87. The van der Waals surface area contributed by atoms with E-state index in [0.29, 0.717) is 5.03 Å². The van der Waals surface area contributed by atoms with Gasteiger partial charge in [-0.15, -0.1) is 11.8 Å². The molecule has 27 heavy (non-hydrogen) atoms. The Bertz CT molecular complexity index is 713. The van der Waals surface area contributed by atoms with E-state index in [-0.39, 0.29) is 0 Å². The molecule has 0 aromatic heterocycles. The van der Waals surface area contributed by atoms with Crippen LogP contribution in [0.15, 0.2) is 39.8 Å². The molecule has 0 saturated heterocycles. The van der Waals surface area contributed by atoms with Gasteiger partial charge in [0.15, 0.2) is 0 Å². The number of amides is 3. The molecule has 3 amide bonds. The lowest BCUT2D eigenvalue weighted by molar-refractivity contribution is -0.113. The molecule has 0 aliphatic heterocycles. The largest absolute Gasteiger partial charge is 0.366 e. The smallest absolute Gasteiger partial charge is 0.317 e. The van der Waals surface area contributed by atoms with Gasteiger partial charge in [-0.05, 0) is 49.3 Å². The van der Waals surface area contributed by atoms with Crippen LogP contribution in [0.5, 0.6) is 0 Å². The molecule has 0 unspecified atom stereocenters. The molecule has 0 radical (unpaired) electrons. The summed E-state index contributed by atoms with van der Waals surface area (Å²) in [4.78, 5) is 24.5. The number of urea groups is 1. The second-order valence-electron chi connectivity index (χ2n) is 5.13. The van der Waals surface area contributed by atoms with Crippen molar-refractivity contribution < 1.29 is 9.59 Å². The topological polar surface area (TPSA) is 98.2 Å². The van der Waals surface area contributed by atoms with Crippen molar-refractivity contribution in [3.63, 3.8) is 0 Å². The summed E-state index contributed by atoms with van der Waals surface area (Å²) in [6, 6.07) is 5.65. The highest BCUT2D eigenvalue weighted by atomic mass is 32.2. The lowest BCUT2D eigenvalue weighted by atomic mass is 9.93. The number of rotatable bonds is 5. The highest BCUT2D eigenvalue weighted by molar-refractivity contribution is 8.11. The summed E-state index contributed by atoms with van der Waals surface area (Å²) in [5.74, 6) is -0.631. The van der Waals surface area contributed by atoms with E-state index in [1.807, 2.05) is 34.0 Å². The second-order valence-corrected chi connectivity index (χ2v) is 7.07. The summed E-state index contributed by atoms with van der Waals surface area (Å²) in [7, 11) is 0. The third kappa shape index (κ3) is 8.13. The molecule has 0 saturated carbocycles. The van der Waals surface area contributed by atoms with Crippen molar-refractivity contribution in [2.24, 2.45) is 11.5 Å². The average Bonchev–Trinajstić information content (AvgIpc) is 2.66. The van der Waals surface area contributed by atoms with Crippen molar-refractivity contribution in [1.29, 1.82) is 0 Å². The number of carbonyl (C=O) groups excluding carboxylic acids is 2. The van der Waals surface area contributed by atoms with Gasteiger partial charge in [0.1, 0.15) is 0 Å². The maximum Gasteiger partial charge on any atom is 0.317 e. The highest BCUT2D eigenvalue weighted by Gasteiger charge is 2.19. The molecule has 2 rings (SSSR count). The Morgan fingerprint density at radius 2 is 1.74 bits per heavy atom. The number of carbonyl (C=O) groups is 2. The Morgan fingerprint density at radius 3 is 2.26 bits per heavy atom. The van der Waals surface area contributed by atoms with E-state index in [1.165, 1.54) is 33.9 Å². The Labute approximate surface area is 171 Å². The van der Waals surface area contributed by atoms with Crippen molar-refractivity contribution in [1.82, 2.24) is 5.32 Å². The van der Waals surface area contributed by atoms with Crippen LogP contribution in [-0.2, 0) is 11.2 Å². The van der Waals surface area contributed by atoms with Crippen LogP contribution in [0.1, 0.15) is 52.2 Å². The Balaban J connectivity index is 0.00000158. The van der Waals surface area contributed by atoms with E-state index in [4.69, 9.17) is 11.5 Å². The number of nitrogens with two attached hydrogens (primary N) is 2. The minimum Gasteiger partial charge on any atom is -0.366 e. The van der Waals surface area contributed by atoms with Crippen molar-refractivity contribution in [3.05, 3.63) is 46.0 Å². The Hall–Kier alpha value is -1.86. The Morgan fingerprint density at radius 1 is 1.11 bits per heavy atom. The summed E-state index contributed by atoms with van der Waals surface area (Å²) in [6.45, 7) is 10.1. The van der Waals surface area contributed by atoms with Gasteiger partial charge in [-0.1, -0.05) is 51.1 Å². The molecule has 0 fully saturated rings. The fourth-order valence-electron chi connectivity index (χ4n) is 2.37. The van der Waals surface area contributed by atoms with Crippen molar-refractivity contribution in [3.8, 4) is 0 Å². The minimum absolute atomic E-state index is 0.335. The van der Waals surface area contributed by atoms with Gasteiger partial charge < -0.3 is 16.8 Å². The van der Waals surface area contributed by atoms with E-state index in [0.717, 1.165) is 23.3 Å². The van der Waals surface area contributed by atoms with Crippen LogP contribution < -0.4 is 16.8 Å². The zero-order valence-electron chi connectivity index (χ0n) is 17.0. The maximum atomic E-state index is 11.2. The Kier molecular flexibility index (Phi) is 12.4. The molecule has 1 aliphatic carbocycles. The van der Waals surface area contributed by atoms with Crippen LogP contribution in [-0.4, -0.2) is 18.2 Å². The highest BCUT2D eigenvalue weighted by Crippen LogP contribution is 2.42. The molecular formula is C20H31N3O2S2. The van der Waals surface area contributed by atoms with Crippen LogP contribution in [0.3, 0.4) is 0 Å². The summed E-state index contributed by atoms with van der Waals surface area (Å²) in [6.07, 6.45) is 5.13. The van der Waals surface area contributed by atoms with Gasteiger partial charge in [-0.25, -0.2) is 4.79 Å². The van der Waals surface area contributed by atoms with Gasteiger partial charge in [0.2, 0.25) is 5.91 Å². The number of aryl methyl sites for hydroxylation is 1. The average molecular weight is 410 g/mol. The third-order valence-corrected chi connectivity index (χ3v) is 5.39. The molecule has 150 valence electrons. The minimum atomic E-state index is -0.725. The molecule has 0 atom stereocenters. The zero-order valence-corrected chi connectivity index (χ0v) is 18.6. The molecule has 7 heteroatoms. The van der Waals surface area contributed by atoms with E-state index >= 15 is 0 Å². The first-order chi connectivity index (χ1) is 12.9. The van der Waals surface area contributed by atoms with Crippen LogP contribution in [0.25, 0.3) is 4.91 Å². The SMILES string of the molecule is CC.CC.CSc1ccc2c(c1)C(S/C(=C/C(N)=O)NC(N)=O)=C(C)CC2. The molecule has 0 bridgehead atoms. The number of benzene rings is 1. The second kappa shape index (κ2) is 13.3. The number of hydrogen-bond donors (Lipinski definition) is 3. The fourth-order valence-corrected chi connectivity index (χ4v) is 3.93. The van der Waals surface area contributed by atoms with Crippen LogP contribution >= 0.6 is 23.5 Å². The first kappa shape index (κ1) is 25.1. The molecular weight excluding hydrogens is 378 g/mol. The quantitative estimate of drug-likeness (QED) is 0.477. The number of hydrogen-bond acceptors (Lipinski definition) is 4. The van der Waals surface area contributed by atoms with Crippen LogP contribution in [0.4, 0.5) is 4.79 Å². The summed E-state index contributed by atoms with van der Waals surface area (Å²) >= 11 is 2.99. The van der Waals surface area contributed by atoms with E-state index in [1.54, 1.807) is 11.8 Å². The van der Waals surface area contributed by atoms with Crippen molar-refractivity contribution >= 4 is 40.4 Å². The van der Waals surface area contributed by atoms with Crippen LogP contribution in [0.2, 0.25) is 0 Å². The van der Waals surface area contributed by atoms with Gasteiger partial charge in [0.25, 0.3) is 0 Å². The summed E-state index contributed by atoms with van der Waals surface area (Å²) in [5, 5.41) is 2.80. The van der Waals surface area contributed by atoms with Gasteiger partial charge >= 0.3 is 6.03 Å². The number of fused-ring (bicyclic) bond motifs is 1. The molecule has 0 spiro atoms. The molecule has 1 aliphatic rings. The van der Waals surface area contributed by atoms with E-state index in [9.17, 15) is 9.59 Å². The van der Waals surface area contributed by atoms with E-state index in [2.05, 4.69) is 30.4 Å². The summed E-state index contributed by atoms with van der Waals surface area (Å²) in [5.41, 5.74) is 14.0. The van der Waals surface area contributed by atoms with Crippen LogP contribution in [0, 0.1) is 0 Å². The fraction of sp³-hybridized carbons (Fsp3) is 0.400. The third-order valence-electron chi connectivity index (χ3n) is 3.45. The lowest BCUT2D eigenvalue weighted by Gasteiger charge is -2.22. The van der Waals surface area contributed by atoms with Gasteiger partial charge in [0.05, 0.1) is 5.03 Å². The van der Waals surface area contributed by atoms with Gasteiger partial charge in [-0.3, -0.25) is 4.79 Å². The molecule has 0 heterocycles. The van der Waals surface area contributed by atoms with Crippen molar-refractivity contribution in [2.75, 3.05) is 6.26 Å². The first-order valence-electron chi connectivity index (χ1n) is 9.03. The number of allylic oxidation sites excluding steroid dienone is 1. The maximum absolute atomic E-state index is 11.2. The number of thioether (sulfide) groups is 2. The first-order valence-corrected chi connectivity index (χ1v) is 11.1. The zero-order chi connectivity index (χ0) is 21.0. The monoisotopic (exact) mass is 409 g/mol. The molecule has 5 nitrogen and oxygen atoms in total. The normalized spacial score (nSPS) is 12.7. The molecule has 5 N–H and O–H groups in total. The van der Waals surface area contributed by atoms with Crippen molar-refractivity contribution in [2.45, 2.75) is 52.4 Å². The molecule has 1 aromatic carbocycles. The van der Waals surface area contributed by atoms with Gasteiger partial charge in [0, 0.05) is 15.9 Å². The van der Waals surface area contributed by atoms with E-state index < -0.39 is 11.9 Å². The number of primary amides is 2. The lowest BCUT2D eigenvalue weighted by Crippen LogP contribution is -2.28. The molecule has 1 aromatic rings. The summed E-state index contributed by atoms with van der Waals surface area (Å²) < 4.78 is 0.